The van der Waals surface area contributed by atoms with E-state index in [0.717, 1.165) is 0 Å². The highest BCUT2D eigenvalue weighted by Crippen LogP contribution is 2.00. The zero-order valence-electron chi connectivity index (χ0n) is 6.94. The fourth-order valence-corrected chi connectivity index (χ4v) is 0.796. The molecule has 12 heavy (non-hydrogen) atoms. The first-order valence-corrected chi connectivity index (χ1v) is 3.75. The van der Waals surface area contributed by atoms with Gasteiger partial charge in [0, 0.05) is 25.9 Å². The highest BCUT2D eigenvalue weighted by molar-refractivity contribution is 5.31. The van der Waals surface area contributed by atoms with Crippen molar-refractivity contribution < 1.29 is 10.2 Å². The first-order chi connectivity index (χ1) is 5.72. The molecule has 0 aliphatic carbocycles. The molecule has 5 nitrogen and oxygen atoms in total. The van der Waals surface area contributed by atoms with Gasteiger partial charge in [0.25, 0.3) is 0 Å². The highest BCUT2D eigenvalue weighted by Gasteiger charge is 2.01. The molecular weight excluding hydrogens is 158 g/mol. The molecule has 0 radical (unpaired) electrons. The summed E-state index contributed by atoms with van der Waals surface area (Å²) in [7, 11) is 1.81. The number of hydrogen-bond donors (Lipinski definition) is 3. The molecule has 0 aliphatic heterocycles. The Kier molecular flexibility index (Phi) is 3.07. The lowest BCUT2D eigenvalue weighted by Crippen LogP contribution is -2.23. The van der Waals surface area contributed by atoms with Crippen LogP contribution in [0, 0.1) is 0 Å². The molecule has 1 aromatic rings. The smallest absolute Gasteiger partial charge is 0.148 e. The van der Waals surface area contributed by atoms with Crippen LogP contribution in [-0.2, 0) is 7.05 Å². The Labute approximate surface area is 70.6 Å². The lowest BCUT2D eigenvalue weighted by molar-refractivity contribution is 0.105. The van der Waals surface area contributed by atoms with Crippen LogP contribution >= 0.6 is 0 Å². The number of nitrogens with one attached hydrogen (secondary N) is 1. The Bertz CT molecular complexity index is 236. The standard InChI is InChI=1S/C7H13N3O2/c1-10-3-2-7(9-10)8-4-6(12)5-11/h2-3,6,11-12H,4-5H2,1H3,(H,8,9). The maximum atomic E-state index is 8.98. The first kappa shape index (κ1) is 9.02. The fourth-order valence-electron chi connectivity index (χ4n) is 0.796. The minimum Gasteiger partial charge on any atom is -0.394 e. The monoisotopic (exact) mass is 171 g/mol. The predicted octanol–water partition coefficient (Wildman–Crippen LogP) is -0.815. The Morgan fingerprint density at radius 3 is 3.00 bits per heavy atom. The third kappa shape index (κ3) is 2.52. The maximum absolute atomic E-state index is 8.98. The number of hydrogen-bond acceptors (Lipinski definition) is 4. The molecule has 1 unspecified atom stereocenters. The molecule has 0 bridgehead atoms. The summed E-state index contributed by atoms with van der Waals surface area (Å²) < 4.78 is 1.66. The number of aromatic nitrogens is 2. The summed E-state index contributed by atoms with van der Waals surface area (Å²) in [6.07, 6.45) is 1.07. The molecule has 0 spiro atoms. The summed E-state index contributed by atoms with van der Waals surface area (Å²) in [6, 6.07) is 1.80. The molecule has 68 valence electrons. The Morgan fingerprint density at radius 1 is 1.75 bits per heavy atom. The van der Waals surface area contributed by atoms with Crippen LogP contribution in [0.4, 0.5) is 5.82 Å². The van der Waals surface area contributed by atoms with Crippen molar-refractivity contribution in [3.05, 3.63) is 12.3 Å². The molecule has 0 fully saturated rings. The second-order valence-electron chi connectivity index (χ2n) is 2.59. The molecule has 3 N–H and O–H groups in total. The van der Waals surface area contributed by atoms with Gasteiger partial charge < -0.3 is 15.5 Å². The van der Waals surface area contributed by atoms with E-state index in [1.807, 2.05) is 7.05 Å². The van der Waals surface area contributed by atoms with Crippen molar-refractivity contribution in [1.82, 2.24) is 9.78 Å². The van der Waals surface area contributed by atoms with Crippen molar-refractivity contribution in [3.8, 4) is 0 Å². The lowest BCUT2D eigenvalue weighted by atomic mass is 10.4. The van der Waals surface area contributed by atoms with Crippen LogP contribution in [0.3, 0.4) is 0 Å². The summed E-state index contributed by atoms with van der Waals surface area (Å²) in [5, 5.41) is 24.4. The third-order valence-electron chi connectivity index (χ3n) is 1.44. The van der Waals surface area contributed by atoms with Crippen molar-refractivity contribution in [1.29, 1.82) is 0 Å². The molecule has 1 rings (SSSR count). The van der Waals surface area contributed by atoms with Crippen molar-refractivity contribution in [3.63, 3.8) is 0 Å². The van der Waals surface area contributed by atoms with Gasteiger partial charge in [0.15, 0.2) is 0 Å². The largest absolute Gasteiger partial charge is 0.394 e. The first-order valence-electron chi connectivity index (χ1n) is 3.75. The second-order valence-corrected chi connectivity index (χ2v) is 2.59. The van der Waals surface area contributed by atoms with E-state index in [-0.39, 0.29) is 6.61 Å². The molecule has 0 aliphatic rings. The van der Waals surface area contributed by atoms with E-state index >= 15 is 0 Å². The highest BCUT2D eigenvalue weighted by atomic mass is 16.3. The molecule has 1 heterocycles. The SMILES string of the molecule is Cn1ccc(NCC(O)CO)n1. The number of aliphatic hydroxyl groups excluding tert-OH is 2. The average Bonchev–Trinajstić information content (AvgIpc) is 2.47. The molecule has 0 saturated carbocycles. The zero-order valence-corrected chi connectivity index (χ0v) is 6.94. The van der Waals surface area contributed by atoms with Gasteiger partial charge >= 0.3 is 0 Å². The van der Waals surface area contributed by atoms with Crippen molar-refractivity contribution >= 4 is 5.82 Å². The molecular formula is C7H13N3O2. The van der Waals surface area contributed by atoms with Crippen LogP contribution in [-0.4, -0.2) is 39.2 Å². The van der Waals surface area contributed by atoms with Crippen molar-refractivity contribution in [2.24, 2.45) is 7.05 Å². The lowest BCUT2D eigenvalue weighted by Gasteiger charge is -2.06. The van der Waals surface area contributed by atoms with E-state index in [1.165, 1.54) is 0 Å². The zero-order chi connectivity index (χ0) is 8.97. The molecule has 1 atom stereocenters. The number of nitrogens with zero attached hydrogens (tertiary/aromatic N) is 2. The third-order valence-corrected chi connectivity index (χ3v) is 1.44. The maximum Gasteiger partial charge on any atom is 0.148 e. The van der Waals surface area contributed by atoms with Crippen LogP contribution in [0.5, 0.6) is 0 Å². The van der Waals surface area contributed by atoms with Crippen LogP contribution < -0.4 is 5.32 Å². The van der Waals surface area contributed by atoms with Crippen LogP contribution in [0.2, 0.25) is 0 Å². The number of aryl methyl sites for hydroxylation is 1. The van der Waals surface area contributed by atoms with Gasteiger partial charge in [0.1, 0.15) is 5.82 Å². The quantitative estimate of drug-likeness (QED) is 0.554. The molecule has 0 aromatic carbocycles. The Hall–Kier alpha value is -1.07. The van der Waals surface area contributed by atoms with Gasteiger partial charge in [0.2, 0.25) is 0 Å². The van der Waals surface area contributed by atoms with Crippen LogP contribution in [0.1, 0.15) is 0 Å². The minimum atomic E-state index is -0.730. The van der Waals surface area contributed by atoms with Gasteiger partial charge in [-0.3, -0.25) is 4.68 Å². The van der Waals surface area contributed by atoms with Gasteiger partial charge in [-0.15, -0.1) is 0 Å². The minimum absolute atomic E-state index is 0.236. The van der Waals surface area contributed by atoms with E-state index < -0.39 is 6.10 Å². The van der Waals surface area contributed by atoms with E-state index in [4.69, 9.17) is 10.2 Å². The molecule has 5 heteroatoms. The van der Waals surface area contributed by atoms with E-state index in [0.29, 0.717) is 12.4 Å². The Morgan fingerprint density at radius 2 is 2.50 bits per heavy atom. The fraction of sp³-hybridized carbons (Fsp3) is 0.571. The van der Waals surface area contributed by atoms with Gasteiger partial charge in [0.05, 0.1) is 12.7 Å². The van der Waals surface area contributed by atoms with Crippen molar-refractivity contribution in [2.45, 2.75) is 6.10 Å². The van der Waals surface area contributed by atoms with Gasteiger partial charge in [-0.05, 0) is 0 Å². The summed E-state index contributed by atoms with van der Waals surface area (Å²) >= 11 is 0. The predicted molar refractivity (Wildman–Crippen MR) is 44.8 cm³/mol. The van der Waals surface area contributed by atoms with Gasteiger partial charge in [-0.1, -0.05) is 0 Å². The van der Waals surface area contributed by atoms with Gasteiger partial charge in [-0.2, -0.15) is 5.10 Å². The summed E-state index contributed by atoms with van der Waals surface area (Å²) in [6.45, 7) is 0.0767. The van der Waals surface area contributed by atoms with E-state index in [9.17, 15) is 0 Å². The van der Waals surface area contributed by atoms with Crippen LogP contribution in [0.15, 0.2) is 12.3 Å². The van der Waals surface area contributed by atoms with Crippen molar-refractivity contribution in [2.75, 3.05) is 18.5 Å². The number of rotatable bonds is 4. The Balaban J connectivity index is 2.33. The number of anilines is 1. The normalized spacial score (nSPS) is 12.9. The average molecular weight is 171 g/mol. The summed E-state index contributed by atoms with van der Waals surface area (Å²) in [5.41, 5.74) is 0. The van der Waals surface area contributed by atoms with Crippen LogP contribution in [0.25, 0.3) is 0 Å². The molecule has 0 amide bonds. The summed E-state index contributed by atoms with van der Waals surface area (Å²) in [4.78, 5) is 0. The molecule has 0 saturated heterocycles. The molecule has 1 aromatic heterocycles. The topological polar surface area (TPSA) is 70.3 Å². The van der Waals surface area contributed by atoms with E-state index in [2.05, 4.69) is 10.4 Å². The van der Waals surface area contributed by atoms with E-state index in [1.54, 1.807) is 16.9 Å². The summed E-state index contributed by atoms with van der Waals surface area (Å²) in [5.74, 6) is 0.699. The number of aliphatic hydroxyl groups is 2. The van der Waals surface area contributed by atoms with Gasteiger partial charge in [-0.25, -0.2) is 0 Å². The second kappa shape index (κ2) is 4.08.